The first-order chi connectivity index (χ1) is 12.2. The third-order valence-electron chi connectivity index (χ3n) is 4.12. The van der Waals surface area contributed by atoms with E-state index < -0.39 is 11.7 Å². The minimum Gasteiger partial charge on any atom is -0.298 e. The number of aryl methyl sites for hydroxylation is 2. The van der Waals surface area contributed by atoms with Gasteiger partial charge in [0.1, 0.15) is 12.1 Å². The maximum Gasteiger partial charge on any atom is 0.260 e. The van der Waals surface area contributed by atoms with Gasteiger partial charge in [-0.2, -0.15) is 0 Å². The fourth-order valence-corrected chi connectivity index (χ4v) is 3.90. The van der Waals surface area contributed by atoms with Crippen LogP contribution in [0.4, 0.5) is 9.52 Å². The number of thiazole rings is 1. The fourth-order valence-electron chi connectivity index (χ4n) is 2.86. The van der Waals surface area contributed by atoms with Crippen molar-refractivity contribution in [2.45, 2.75) is 32.1 Å². The summed E-state index contributed by atoms with van der Waals surface area (Å²) in [6.45, 7) is 0. The van der Waals surface area contributed by atoms with Crippen molar-refractivity contribution in [3.8, 4) is 5.69 Å². The van der Waals surface area contributed by atoms with Crippen LogP contribution in [0, 0.1) is 5.82 Å². The molecule has 0 spiro atoms. The number of anilines is 1. The molecule has 1 aromatic carbocycles. The molecule has 4 rings (SSSR count). The smallest absolute Gasteiger partial charge is 0.260 e. The molecule has 0 radical (unpaired) electrons. The van der Waals surface area contributed by atoms with Gasteiger partial charge in [0, 0.05) is 4.88 Å². The van der Waals surface area contributed by atoms with E-state index in [0.29, 0.717) is 10.8 Å². The molecule has 1 aliphatic carbocycles. The number of nitrogens with zero attached hydrogens (tertiary/aromatic N) is 5. The first kappa shape index (κ1) is 15.8. The number of hydrogen-bond donors (Lipinski definition) is 1. The maximum absolute atomic E-state index is 14.1. The van der Waals surface area contributed by atoms with Crippen molar-refractivity contribution in [1.29, 1.82) is 0 Å². The molecular formula is C16H15FN6OS. The summed E-state index contributed by atoms with van der Waals surface area (Å²) in [5.74, 6) is -1.14. The lowest BCUT2D eigenvalue weighted by atomic mass is 10.1. The Hall–Kier alpha value is -2.68. The number of rotatable bonds is 3. The minimum atomic E-state index is -0.604. The van der Waals surface area contributed by atoms with E-state index in [9.17, 15) is 9.18 Å². The van der Waals surface area contributed by atoms with Crippen molar-refractivity contribution in [2.24, 2.45) is 0 Å². The van der Waals surface area contributed by atoms with Crippen LogP contribution in [0.5, 0.6) is 0 Å². The molecule has 0 aliphatic heterocycles. The van der Waals surface area contributed by atoms with Gasteiger partial charge in [0.2, 0.25) is 0 Å². The molecule has 128 valence electrons. The third-order valence-corrected chi connectivity index (χ3v) is 5.20. The van der Waals surface area contributed by atoms with E-state index in [1.165, 1.54) is 51.8 Å². The van der Waals surface area contributed by atoms with E-state index in [1.807, 2.05) is 0 Å². The molecule has 0 saturated heterocycles. The van der Waals surface area contributed by atoms with Gasteiger partial charge >= 0.3 is 0 Å². The Labute approximate surface area is 146 Å². The van der Waals surface area contributed by atoms with Gasteiger partial charge in [-0.05, 0) is 54.3 Å². The molecule has 2 heterocycles. The van der Waals surface area contributed by atoms with Gasteiger partial charge in [-0.1, -0.05) is 6.42 Å². The molecule has 0 atom stereocenters. The lowest BCUT2D eigenvalue weighted by Crippen LogP contribution is -2.14. The van der Waals surface area contributed by atoms with Crippen molar-refractivity contribution >= 4 is 22.4 Å². The highest BCUT2D eigenvalue weighted by Gasteiger charge is 2.18. The average molecular weight is 358 g/mol. The monoisotopic (exact) mass is 358 g/mol. The number of carbonyl (C=O) groups is 1. The summed E-state index contributed by atoms with van der Waals surface area (Å²) in [7, 11) is 0. The normalized spacial score (nSPS) is 14.0. The highest BCUT2D eigenvalue weighted by molar-refractivity contribution is 7.15. The van der Waals surface area contributed by atoms with Crippen molar-refractivity contribution < 1.29 is 9.18 Å². The molecule has 7 nitrogen and oxygen atoms in total. The first-order valence-corrected chi connectivity index (χ1v) is 8.85. The van der Waals surface area contributed by atoms with Crippen LogP contribution < -0.4 is 5.32 Å². The van der Waals surface area contributed by atoms with Crippen LogP contribution in [0.2, 0.25) is 0 Å². The number of carbonyl (C=O) groups excluding carboxylic acids is 1. The highest BCUT2D eigenvalue weighted by atomic mass is 32.1. The predicted octanol–water partition coefficient (Wildman–Crippen LogP) is 2.78. The number of nitrogens with one attached hydrogen (secondary N) is 1. The SMILES string of the molecule is O=C(Nc1nc2c(s1)CCCCC2)c1cc(-n2cnnn2)ccc1F. The number of amides is 1. The van der Waals surface area contributed by atoms with E-state index in [4.69, 9.17) is 0 Å². The second-order valence-electron chi connectivity index (χ2n) is 5.82. The van der Waals surface area contributed by atoms with Crippen LogP contribution in [0.15, 0.2) is 24.5 Å². The Morgan fingerprint density at radius 1 is 1.24 bits per heavy atom. The third kappa shape index (κ3) is 3.27. The van der Waals surface area contributed by atoms with Gasteiger partial charge in [0.25, 0.3) is 5.91 Å². The number of tetrazole rings is 1. The molecule has 0 saturated carbocycles. The molecule has 0 unspecified atom stereocenters. The van der Waals surface area contributed by atoms with E-state index in [0.717, 1.165) is 31.4 Å². The van der Waals surface area contributed by atoms with Gasteiger partial charge in [-0.25, -0.2) is 14.1 Å². The topological polar surface area (TPSA) is 85.6 Å². The summed E-state index contributed by atoms with van der Waals surface area (Å²) < 4.78 is 15.5. The van der Waals surface area contributed by atoms with E-state index in [2.05, 4.69) is 25.8 Å². The molecule has 3 aromatic rings. The molecule has 1 aliphatic rings. The van der Waals surface area contributed by atoms with Gasteiger partial charge in [0.15, 0.2) is 5.13 Å². The summed E-state index contributed by atoms with van der Waals surface area (Å²) in [4.78, 5) is 18.2. The quantitative estimate of drug-likeness (QED) is 0.728. The zero-order chi connectivity index (χ0) is 17.2. The zero-order valence-corrected chi connectivity index (χ0v) is 14.1. The summed E-state index contributed by atoms with van der Waals surface area (Å²) in [5, 5.41) is 14.1. The molecule has 0 fully saturated rings. The Balaban J connectivity index is 1.58. The Morgan fingerprint density at radius 2 is 2.12 bits per heavy atom. The molecular weight excluding hydrogens is 343 g/mol. The minimum absolute atomic E-state index is 0.0709. The van der Waals surface area contributed by atoms with Gasteiger partial charge in [0.05, 0.1) is 16.9 Å². The standard InChI is InChI=1S/C16H15FN6OS/c17-12-7-6-10(23-9-18-21-22-23)8-11(12)15(24)20-16-19-13-4-2-1-3-5-14(13)25-16/h6-9H,1-5H2,(H,19,20,24). The van der Waals surface area contributed by atoms with Crippen LogP contribution in [-0.2, 0) is 12.8 Å². The zero-order valence-electron chi connectivity index (χ0n) is 13.3. The second-order valence-corrected chi connectivity index (χ2v) is 6.91. The summed E-state index contributed by atoms with van der Waals surface area (Å²) in [5.41, 5.74) is 1.49. The van der Waals surface area contributed by atoms with Gasteiger partial charge in [-0.3, -0.25) is 10.1 Å². The van der Waals surface area contributed by atoms with Crippen LogP contribution in [-0.4, -0.2) is 31.1 Å². The molecule has 2 aromatic heterocycles. The molecule has 9 heteroatoms. The van der Waals surface area contributed by atoms with Crippen molar-refractivity contribution in [3.63, 3.8) is 0 Å². The lowest BCUT2D eigenvalue weighted by Gasteiger charge is -2.06. The molecule has 25 heavy (non-hydrogen) atoms. The summed E-state index contributed by atoms with van der Waals surface area (Å²) in [6, 6.07) is 4.15. The van der Waals surface area contributed by atoms with Crippen LogP contribution in [0.3, 0.4) is 0 Å². The average Bonchev–Trinajstić information content (AvgIpc) is 3.21. The highest BCUT2D eigenvalue weighted by Crippen LogP contribution is 2.29. The lowest BCUT2D eigenvalue weighted by molar-refractivity contribution is 0.102. The van der Waals surface area contributed by atoms with Crippen molar-refractivity contribution in [2.75, 3.05) is 5.32 Å². The maximum atomic E-state index is 14.1. The van der Waals surface area contributed by atoms with E-state index in [1.54, 1.807) is 0 Å². The van der Waals surface area contributed by atoms with E-state index in [-0.39, 0.29) is 5.56 Å². The summed E-state index contributed by atoms with van der Waals surface area (Å²) in [6.07, 6.45) is 6.78. The number of halogens is 1. The second kappa shape index (κ2) is 6.67. The molecule has 0 bridgehead atoms. The molecule has 1 N–H and O–H groups in total. The van der Waals surface area contributed by atoms with Crippen LogP contribution in [0.1, 0.15) is 40.2 Å². The van der Waals surface area contributed by atoms with Gasteiger partial charge in [-0.15, -0.1) is 16.4 Å². The largest absolute Gasteiger partial charge is 0.298 e. The number of hydrogen-bond acceptors (Lipinski definition) is 6. The first-order valence-electron chi connectivity index (χ1n) is 8.03. The number of fused-ring (bicyclic) bond motifs is 1. The fraction of sp³-hybridized carbons (Fsp3) is 0.312. The van der Waals surface area contributed by atoms with Crippen molar-refractivity contribution in [3.05, 3.63) is 46.5 Å². The van der Waals surface area contributed by atoms with Crippen LogP contribution >= 0.6 is 11.3 Å². The Bertz CT molecular complexity index is 884. The number of aromatic nitrogens is 5. The van der Waals surface area contributed by atoms with E-state index >= 15 is 0 Å². The van der Waals surface area contributed by atoms with Crippen LogP contribution in [0.25, 0.3) is 5.69 Å². The predicted molar refractivity (Wildman–Crippen MR) is 90.4 cm³/mol. The van der Waals surface area contributed by atoms with Crippen molar-refractivity contribution in [1.82, 2.24) is 25.2 Å². The Morgan fingerprint density at radius 3 is 2.96 bits per heavy atom. The Kier molecular flexibility index (Phi) is 4.22. The number of benzene rings is 1. The summed E-state index contributed by atoms with van der Waals surface area (Å²) >= 11 is 1.48. The molecule has 1 amide bonds. The van der Waals surface area contributed by atoms with Gasteiger partial charge < -0.3 is 0 Å².